The van der Waals surface area contributed by atoms with Crippen molar-refractivity contribution < 1.29 is 18.8 Å². The van der Waals surface area contributed by atoms with Gasteiger partial charge in [-0.25, -0.2) is 0 Å². The molecule has 3 rings (SSSR count). The number of amides is 1. The van der Waals surface area contributed by atoms with E-state index in [0.717, 1.165) is 5.56 Å². The molecule has 0 bridgehead atoms. The van der Waals surface area contributed by atoms with Crippen molar-refractivity contribution in [2.24, 2.45) is 0 Å². The number of benzene rings is 2. The monoisotopic (exact) mass is 401 g/mol. The van der Waals surface area contributed by atoms with Gasteiger partial charge in [-0.2, -0.15) is 4.98 Å². The number of rotatable bonds is 8. The van der Waals surface area contributed by atoms with Crippen LogP contribution in [0.5, 0.6) is 11.5 Å². The number of hydrogen-bond acceptors (Lipinski definition) is 6. The molecule has 28 heavy (non-hydrogen) atoms. The van der Waals surface area contributed by atoms with E-state index < -0.39 is 0 Å². The standard InChI is InChI=1S/C20H20ClN3O4/c1-26-16-11-10-13(12-17(16)27-2)20-23-19(28-24-20)9-5-8-18(25)22-15-7-4-3-6-14(15)21/h3-4,6-7,10-12H,5,8-9H2,1-2H3,(H,22,25). The number of nitrogens with one attached hydrogen (secondary N) is 1. The zero-order valence-electron chi connectivity index (χ0n) is 15.6. The first kappa shape index (κ1) is 19.7. The average Bonchev–Trinajstić information content (AvgIpc) is 3.18. The Bertz CT molecular complexity index is 958. The number of hydrogen-bond donors (Lipinski definition) is 1. The van der Waals surface area contributed by atoms with Gasteiger partial charge in [0, 0.05) is 18.4 Å². The Labute approximate surface area is 167 Å². The van der Waals surface area contributed by atoms with Crippen molar-refractivity contribution in [1.82, 2.24) is 10.1 Å². The molecule has 0 unspecified atom stereocenters. The highest BCUT2D eigenvalue weighted by Crippen LogP contribution is 2.31. The van der Waals surface area contributed by atoms with Crippen molar-refractivity contribution in [1.29, 1.82) is 0 Å². The second kappa shape index (κ2) is 9.23. The van der Waals surface area contributed by atoms with Gasteiger partial charge in [-0.1, -0.05) is 28.9 Å². The third-order valence-electron chi connectivity index (χ3n) is 4.05. The molecule has 0 radical (unpaired) electrons. The highest BCUT2D eigenvalue weighted by Gasteiger charge is 2.13. The first-order valence-electron chi connectivity index (χ1n) is 8.70. The van der Waals surface area contributed by atoms with Crippen LogP contribution in [0, 0.1) is 0 Å². The van der Waals surface area contributed by atoms with Gasteiger partial charge in [-0.15, -0.1) is 0 Å². The fraction of sp³-hybridized carbons (Fsp3) is 0.250. The Kier molecular flexibility index (Phi) is 6.49. The Morgan fingerprint density at radius 3 is 2.68 bits per heavy atom. The summed E-state index contributed by atoms with van der Waals surface area (Å²) in [4.78, 5) is 16.4. The van der Waals surface area contributed by atoms with Crippen molar-refractivity contribution in [3.8, 4) is 22.9 Å². The molecule has 3 aromatic rings. The maximum atomic E-state index is 12.1. The highest BCUT2D eigenvalue weighted by molar-refractivity contribution is 6.33. The van der Waals surface area contributed by atoms with E-state index in [4.69, 9.17) is 25.6 Å². The van der Waals surface area contributed by atoms with E-state index in [1.807, 2.05) is 18.2 Å². The minimum Gasteiger partial charge on any atom is -0.493 e. The van der Waals surface area contributed by atoms with Gasteiger partial charge in [0.15, 0.2) is 11.5 Å². The average molecular weight is 402 g/mol. The summed E-state index contributed by atoms with van der Waals surface area (Å²) in [6.07, 6.45) is 1.39. The molecule has 2 aromatic carbocycles. The maximum absolute atomic E-state index is 12.1. The molecule has 1 heterocycles. The van der Waals surface area contributed by atoms with Crippen LogP contribution < -0.4 is 14.8 Å². The number of nitrogens with zero attached hydrogens (tertiary/aromatic N) is 2. The molecule has 0 aliphatic carbocycles. The molecular weight excluding hydrogens is 382 g/mol. The van der Waals surface area contributed by atoms with Crippen molar-refractivity contribution in [3.05, 3.63) is 53.4 Å². The zero-order valence-corrected chi connectivity index (χ0v) is 16.3. The maximum Gasteiger partial charge on any atom is 0.226 e. The molecule has 146 valence electrons. The second-order valence-electron chi connectivity index (χ2n) is 5.96. The topological polar surface area (TPSA) is 86.5 Å². The number of ether oxygens (including phenoxy) is 2. The van der Waals surface area contributed by atoms with E-state index in [-0.39, 0.29) is 5.91 Å². The lowest BCUT2D eigenvalue weighted by Gasteiger charge is -2.07. The van der Waals surface area contributed by atoms with Crippen molar-refractivity contribution >= 4 is 23.2 Å². The Hall–Kier alpha value is -3.06. The normalized spacial score (nSPS) is 10.5. The van der Waals surface area contributed by atoms with Crippen LogP contribution in [0.2, 0.25) is 5.02 Å². The predicted molar refractivity (Wildman–Crippen MR) is 106 cm³/mol. The fourth-order valence-electron chi connectivity index (χ4n) is 2.62. The summed E-state index contributed by atoms with van der Waals surface area (Å²) in [6, 6.07) is 12.5. The van der Waals surface area contributed by atoms with E-state index in [2.05, 4.69) is 15.5 Å². The summed E-state index contributed by atoms with van der Waals surface area (Å²) in [7, 11) is 3.14. The van der Waals surface area contributed by atoms with Crippen molar-refractivity contribution in [2.75, 3.05) is 19.5 Å². The highest BCUT2D eigenvalue weighted by atomic mass is 35.5. The number of carbonyl (C=O) groups is 1. The van der Waals surface area contributed by atoms with Crippen LogP contribution in [0.4, 0.5) is 5.69 Å². The minimum absolute atomic E-state index is 0.118. The molecule has 1 N–H and O–H groups in total. The first-order chi connectivity index (χ1) is 13.6. The summed E-state index contributed by atoms with van der Waals surface area (Å²) in [6.45, 7) is 0. The van der Waals surface area contributed by atoms with Crippen LogP contribution in [-0.2, 0) is 11.2 Å². The van der Waals surface area contributed by atoms with Crippen LogP contribution in [0.25, 0.3) is 11.4 Å². The number of halogens is 1. The van der Waals surface area contributed by atoms with E-state index in [1.54, 1.807) is 38.5 Å². The van der Waals surface area contributed by atoms with Gasteiger partial charge in [0.25, 0.3) is 0 Å². The minimum atomic E-state index is -0.118. The lowest BCUT2D eigenvalue weighted by molar-refractivity contribution is -0.116. The third-order valence-corrected chi connectivity index (χ3v) is 4.38. The van der Waals surface area contributed by atoms with Crippen LogP contribution >= 0.6 is 11.6 Å². The van der Waals surface area contributed by atoms with E-state index in [0.29, 0.717) is 53.2 Å². The van der Waals surface area contributed by atoms with Crippen LogP contribution in [-0.4, -0.2) is 30.3 Å². The molecule has 7 nitrogen and oxygen atoms in total. The van der Waals surface area contributed by atoms with Gasteiger partial charge >= 0.3 is 0 Å². The molecule has 0 saturated heterocycles. The summed E-state index contributed by atoms with van der Waals surface area (Å²) in [5.41, 5.74) is 1.35. The summed E-state index contributed by atoms with van der Waals surface area (Å²) < 4.78 is 15.8. The number of methoxy groups -OCH3 is 2. The number of carbonyl (C=O) groups excluding carboxylic acids is 1. The van der Waals surface area contributed by atoms with Gasteiger partial charge < -0.3 is 19.3 Å². The van der Waals surface area contributed by atoms with Crippen molar-refractivity contribution in [2.45, 2.75) is 19.3 Å². The number of anilines is 1. The van der Waals surface area contributed by atoms with Gasteiger partial charge in [-0.05, 0) is 36.8 Å². The molecular formula is C20H20ClN3O4. The molecule has 8 heteroatoms. The van der Waals surface area contributed by atoms with Gasteiger partial charge in [0.2, 0.25) is 17.6 Å². The van der Waals surface area contributed by atoms with Crippen molar-refractivity contribution in [3.63, 3.8) is 0 Å². The Morgan fingerprint density at radius 2 is 1.93 bits per heavy atom. The van der Waals surface area contributed by atoms with Crippen LogP contribution in [0.3, 0.4) is 0 Å². The Balaban J connectivity index is 1.55. The predicted octanol–water partition coefficient (Wildman–Crippen LogP) is 4.37. The molecule has 0 aliphatic heterocycles. The molecule has 0 spiro atoms. The molecule has 0 saturated carbocycles. The summed E-state index contributed by atoms with van der Waals surface area (Å²) >= 11 is 6.04. The lowest BCUT2D eigenvalue weighted by atomic mass is 10.2. The number of para-hydroxylation sites is 1. The number of aromatic nitrogens is 2. The van der Waals surface area contributed by atoms with Crippen LogP contribution in [0.1, 0.15) is 18.7 Å². The first-order valence-corrected chi connectivity index (χ1v) is 9.08. The van der Waals surface area contributed by atoms with Gasteiger partial charge in [-0.3, -0.25) is 4.79 Å². The quantitative estimate of drug-likeness (QED) is 0.603. The Morgan fingerprint density at radius 1 is 1.14 bits per heavy atom. The third kappa shape index (κ3) is 4.80. The van der Waals surface area contributed by atoms with Gasteiger partial charge in [0.1, 0.15) is 0 Å². The van der Waals surface area contributed by atoms with E-state index in [1.165, 1.54) is 0 Å². The lowest BCUT2D eigenvalue weighted by Crippen LogP contribution is -2.11. The molecule has 1 amide bonds. The molecule has 0 aliphatic rings. The van der Waals surface area contributed by atoms with Crippen LogP contribution in [0.15, 0.2) is 47.0 Å². The van der Waals surface area contributed by atoms with Gasteiger partial charge in [0.05, 0.1) is 24.9 Å². The second-order valence-corrected chi connectivity index (χ2v) is 6.37. The summed E-state index contributed by atoms with van der Waals surface area (Å²) in [5.74, 6) is 2.02. The smallest absolute Gasteiger partial charge is 0.226 e. The molecule has 0 fully saturated rings. The largest absolute Gasteiger partial charge is 0.493 e. The van der Waals surface area contributed by atoms with E-state index >= 15 is 0 Å². The van der Waals surface area contributed by atoms with E-state index in [9.17, 15) is 4.79 Å². The SMILES string of the molecule is COc1ccc(-c2noc(CCCC(=O)Nc3ccccc3Cl)n2)cc1OC. The molecule has 1 aromatic heterocycles. The zero-order chi connectivity index (χ0) is 19.9. The molecule has 0 atom stereocenters. The summed E-state index contributed by atoms with van der Waals surface area (Å²) in [5, 5.41) is 7.29. The fourth-order valence-corrected chi connectivity index (χ4v) is 2.81. The number of aryl methyl sites for hydroxylation is 1.